The Morgan fingerprint density at radius 1 is 1.38 bits per heavy atom. The molecule has 4 N–H and O–H groups in total. The van der Waals surface area contributed by atoms with Crippen LogP contribution in [0.3, 0.4) is 0 Å². The minimum atomic E-state index is -4.02. The van der Waals surface area contributed by atoms with Crippen LogP contribution in [-0.2, 0) is 11.0 Å². The Labute approximate surface area is 94.4 Å². The number of ether oxygens (including phenoxy) is 1. The zero-order valence-corrected chi connectivity index (χ0v) is 9.93. The second-order valence-corrected chi connectivity index (χ2v) is 5.35. The molecule has 0 fully saturated rings. The monoisotopic (exact) mass is 245 g/mol. The van der Waals surface area contributed by atoms with E-state index in [0.29, 0.717) is 6.42 Å². The van der Waals surface area contributed by atoms with Crippen molar-refractivity contribution in [1.29, 1.82) is 0 Å². The largest absolute Gasteiger partial charge is 0.497 e. The van der Waals surface area contributed by atoms with E-state index in [-0.39, 0.29) is 6.16 Å². The predicted molar refractivity (Wildman–Crippen MR) is 61.6 cm³/mol. The van der Waals surface area contributed by atoms with E-state index in [9.17, 15) is 4.57 Å². The van der Waals surface area contributed by atoms with Gasteiger partial charge in [0.2, 0.25) is 0 Å². The fraction of sp³-hybridized carbons (Fsp3) is 0.400. The smallest absolute Gasteiger partial charge is 0.327 e. The van der Waals surface area contributed by atoms with Crippen LogP contribution in [0.5, 0.6) is 5.75 Å². The highest BCUT2D eigenvalue weighted by Crippen LogP contribution is 2.35. The Morgan fingerprint density at radius 3 is 2.38 bits per heavy atom. The Bertz CT molecular complexity index is 373. The third kappa shape index (κ3) is 4.77. The first-order valence-corrected chi connectivity index (χ1v) is 6.63. The van der Waals surface area contributed by atoms with Gasteiger partial charge in [-0.2, -0.15) is 0 Å². The molecule has 0 aliphatic heterocycles. The second kappa shape index (κ2) is 5.46. The van der Waals surface area contributed by atoms with Crippen LogP contribution < -0.4 is 10.5 Å². The van der Waals surface area contributed by atoms with Gasteiger partial charge in [0, 0.05) is 6.04 Å². The number of nitrogens with two attached hydrogens (primary N) is 1. The van der Waals surface area contributed by atoms with E-state index in [4.69, 9.17) is 20.3 Å². The van der Waals surface area contributed by atoms with Gasteiger partial charge in [0.1, 0.15) is 5.75 Å². The maximum absolute atomic E-state index is 10.7. The van der Waals surface area contributed by atoms with Crippen LogP contribution >= 0.6 is 7.60 Å². The van der Waals surface area contributed by atoms with Crippen molar-refractivity contribution in [1.82, 2.24) is 0 Å². The van der Waals surface area contributed by atoms with Crippen molar-refractivity contribution < 1.29 is 19.1 Å². The van der Waals surface area contributed by atoms with Gasteiger partial charge in [0.05, 0.1) is 13.3 Å². The minimum absolute atomic E-state index is 0.293. The van der Waals surface area contributed by atoms with Gasteiger partial charge in [-0.05, 0) is 24.1 Å². The van der Waals surface area contributed by atoms with E-state index in [0.717, 1.165) is 11.3 Å². The van der Waals surface area contributed by atoms with Crippen LogP contribution in [0.4, 0.5) is 0 Å². The molecule has 16 heavy (non-hydrogen) atoms. The number of hydrogen-bond acceptors (Lipinski definition) is 3. The maximum atomic E-state index is 10.7. The molecule has 1 unspecified atom stereocenters. The zero-order chi connectivity index (χ0) is 12.2. The van der Waals surface area contributed by atoms with Crippen molar-refractivity contribution in [3.05, 3.63) is 29.8 Å². The van der Waals surface area contributed by atoms with Crippen molar-refractivity contribution in [3.8, 4) is 5.75 Å². The molecular formula is C10H16NO4P. The summed E-state index contributed by atoms with van der Waals surface area (Å²) in [5.74, 6) is 0.743. The fourth-order valence-electron chi connectivity index (χ4n) is 1.43. The molecule has 0 saturated carbocycles. The molecule has 0 aliphatic rings. The van der Waals surface area contributed by atoms with E-state index in [2.05, 4.69) is 0 Å². The highest BCUT2D eigenvalue weighted by atomic mass is 31.2. The molecule has 0 radical (unpaired) electrons. The van der Waals surface area contributed by atoms with Crippen molar-refractivity contribution >= 4 is 7.60 Å². The lowest BCUT2D eigenvalue weighted by Gasteiger charge is -2.12. The summed E-state index contributed by atoms with van der Waals surface area (Å²) in [6.45, 7) is 0. The van der Waals surface area contributed by atoms with Gasteiger partial charge in [-0.25, -0.2) is 0 Å². The Balaban J connectivity index is 2.56. The lowest BCUT2D eigenvalue weighted by atomic mass is 10.1. The lowest BCUT2D eigenvalue weighted by Crippen LogP contribution is -2.27. The molecule has 0 saturated heterocycles. The first-order chi connectivity index (χ1) is 7.40. The van der Waals surface area contributed by atoms with E-state index in [1.807, 2.05) is 12.1 Å². The highest BCUT2D eigenvalue weighted by Gasteiger charge is 2.18. The van der Waals surface area contributed by atoms with Gasteiger partial charge in [0.25, 0.3) is 0 Å². The van der Waals surface area contributed by atoms with Crippen LogP contribution in [0.15, 0.2) is 24.3 Å². The van der Waals surface area contributed by atoms with Crippen LogP contribution in [-0.4, -0.2) is 29.1 Å². The van der Waals surface area contributed by atoms with Gasteiger partial charge < -0.3 is 20.3 Å². The summed E-state index contributed by atoms with van der Waals surface area (Å²) in [5, 5.41) is 0. The maximum Gasteiger partial charge on any atom is 0.327 e. The molecule has 1 atom stereocenters. The van der Waals surface area contributed by atoms with Gasteiger partial charge in [-0.3, -0.25) is 4.57 Å². The molecule has 0 aliphatic carbocycles. The van der Waals surface area contributed by atoms with Crippen molar-refractivity contribution in [3.63, 3.8) is 0 Å². The zero-order valence-electron chi connectivity index (χ0n) is 9.04. The third-order valence-electron chi connectivity index (χ3n) is 2.13. The molecular weight excluding hydrogens is 229 g/mol. The molecule has 1 aromatic rings. The first kappa shape index (κ1) is 13.2. The molecule has 0 heterocycles. The SMILES string of the molecule is COc1ccc(CC(N)CP(=O)(O)O)cc1. The number of benzene rings is 1. The molecule has 0 aromatic heterocycles. The summed E-state index contributed by atoms with van der Waals surface area (Å²) in [7, 11) is -2.45. The third-order valence-corrected chi connectivity index (χ3v) is 3.07. The molecule has 90 valence electrons. The average Bonchev–Trinajstić information content (AvgIpc) is 2.16. The Morgan fingerprint density at radius 2 is 1.94 bits per heavy atom. The van der Waals surface area contributed by atoms with E-state index in [1.54, 1.807) is 19.2 Å². The molecule has 6 heteroatoms. The van der Waals surface area contributed by atoms with E-state index in [1.165, 1.54) is 0 Å². The Kier molecular flexibility index (Phi) is 4.50. The molecule has 0 amide bonds. The predicted octanol–water partition coefficient (Wildman–Crippen LogP) is 0.743. The van der Waals surface area contributed by atoms with Gasteiger partial charge in [-0.15, -0.1) is 0 Å². The van der Waals surface area contributed by atoms with Crippen LogP contribution in [0.25, 0.3) is 0 Å². The standard InChI is InChI=1S/C10H16NO4P/c1-15-10-4-2-8(3-5-10)6-9(11)7-16(12,13)14/h2-5,9H,6-7,11H2,1H3,(H2,12,13,14). The molecule has 1 rings (SSSR count). The summed E-state index contributed by atoms with van der Waals surface area (Å²) < 4.78 is 15.7. The van der Waals surface area contributed by atoms with Crippen LogP contribution in [0, 0.1) is 0 Å². The topological polar surface area (TPSA) is 92.8 Å². The number of methoxy groups -OCH3 is 1. The summed E-state index contributed by atoms with van der Waals surface area (Å²) in [5.41, 5.74) is 6.57. The lowest BCUT2D eigenvalue weighted by molar-refractivity contribution is 0.368. The summed E-state index contributed by atoms with van der Waals surface area (Å²) >= 11 is 0. The first-order valence-electron chi connectivity index (χ1n) is 4.84. The van der Waals surface area contributed by atoms with Gasteiger partial charge in [-0.1, -0.05) is 12.1 Å². The van der Waals surface area contributed by atoms with E-state index < -0.39 is 13.6 Å². The molecule has 5 nitrogen and oxygen atoms in total. The summed E-state index contributed by atoms with van der Waals surface area (Å²) in [6.07, 6.45) is 0.147. The van der Waals surface area contributed by atoms with Crippen molar-refractivity contribution in [2.75, 3.05) is 13.3 Å². The van der Waals surface area contributed by atoms with Crippen molar-refractivity contribution in [2.45, 2.75) is 12.5 Å². The molecule has 0 bridgehead atoms. The molecule has 1 aromatic carbocycles. The number of hydrogen-bond donors (Lipinski definition) is 3. The molecule has 0 spiro atoms. The average molecular weight is 245 g/mol. The quantitative estimate of drug-likeness (QED) is 0.665. The summed E-state index contributed by atoms with van der Waals surface area (Å²) in [6, 6.07) is 6.71. The normalized spacial score (nSPS) is 13.5. The summed E-state index contributed by atoms with van der Waals surface area (Å²) in [4.78, 5) is 17.5. The Hall–Kier alpha value is -0.870. The highest BCUT2D eigenvalue weighted by molar-refractivity contribution is 7.51. The van der Waals surface area contributed by atoms with Gasteiger partial charge in [0.15, 0.2) is 0 Å². The van der Waals surface area contributed by atoms with Crippen LogP contribution in [0.2, 0.25) is 0 Å². The fourth-order valence-corrected chi connectivity index (χ4v) is 2.17. The minimum Gasteiger partial charge on any atom is -0.497 e. The number of rotatable bonds is 5. The van der Waals surface area contributed by atoms with Crippen LogP contribution in [0.1, 0.15) is 5.56 Å². The van der Waals surface area contributed by atoms with E-state index >= 15 is 0 Å². The van der Waals surface area contributed by atoms with Crippen molar-refractivity contribution in [2.24, 2.45) is 5.73 Å². The second-order valence-electron chi connectivity index (χ2n) is 3.66. The van der Waals surface area contributed by atoms with Gasteiger partial charge >= 0.3 is 7.60 Å².